The van der Waals surface area contributed by atoms with Crippen LogP contribution in [0, 0.1) is 0 Å². The standard InChI is InChI=1S/C48H30O/c1-2-12-31(13-3-1)35-28-29-42-45(30-35)49-44-23-11-22-43(48(42)44)47-40-19-8-6-17-38(40)46(39-18-7-9-20-41(39)47)34-26-24-33(25-27-34)37-21-10-15-32-14-4-5-16-36(32)37/h1-30H/i1D,2D,3D,4D,5D,10D,11D,12D,13D,14D,15D,16D,21D,22D,23D,28D,29D,30D. The molecule has 9 aromatic carbocycles. The Morgan fingerprint density at radius 1 is 0.367 bits per heavy atom. The third kappa shape index (κ3) is 4.40. The summed E-state index contributed by atoms with van der Waals surface area (Å²) in [7, 11) is 0. The Hall–Kier alpha value is -6.44. The van der Waals surface area contributed by atoms with Crippen molar-refractivity contribution in [1.29, 1.82) is 0 Å². The summed E-state index contributed by atoms with van der Waals surface area (Å²) in [6.07, 6.45) is 0. The highest BCUT2D eigenvalue weighted by Gasteiger charge is 2.20. The molecular weight excluding hydrogens is 593 g/mol. The van der Waals surface area contributed by atoms with E-state index in [0.717, 1.165) is 5.56 Å². The molecule has 1 heteroatoms. The third-order valence-corrected chi connectivity index (χ3v) is 8.78. The van der Waals surface area contributed by atoms with Crippen LogP contribution in [-0.4, -0.2) is 0 Å². The van der Waals surface area contributed by atoms with E-state index in [0.29, 0.717) is 38.2 Å². The van der Waals surface area contributed by atoms with E-state index in [2.05, 4.69) is 0 Å². The predicted octanol–water partition coefficient (Wildman–Crippen LogP) is 13.7. The van der Waals surface area contributed by atoms with Gasteiger partial charge >= 0.3 is 0 Å². The Balaban J connectivity index is 1.26. The van der Waals surface area contributed by atoms with E-state index in [1.54, 1.807) is 36.4 Å². The monoisotopic (exact) mass is 640 g/mol. The maximum atomic E-state index is 9.48. The van der Waals surface area contributed by atoms with Crippen LogP contribution in [0.2, 0.25) is 0 Å². The van der Waals surface area contributed by atoms with Crippen molar-refractivity contribution < 1.29 is 29.1 Å². The second-order valence-corrected chi connectivity index (χ2v) is 11.4. The molecule has 0 aliphatic heterocycles. The Labute approximate surface area is 309 Å². The highest BCUT2D eigenvalue weighted by atomic mass is 16.3. The minimum Gasteiger partial charge on any atom is -0.456 e. The van der Waals surface area contributed by atoms with Crippen LogP contribution in [-0.2, 0) is 0 Å². The van der Waals surface area contributed by atoms with Gasteiger partial charge in [-0.15, -0.1) is 0 Å². The average molecular weight is 641 g/mol. The second kappa shape index (κ2) is 11.1. The first-order chi connectivity index (χ1) is 31.8. The molecule has 0 N–H and O–H groups in total. The van der Waals surface area contributed by atoms with Crippen LogP contribution in [0.5, 0.6) is 0 Å². The summed E-state index contributed by atoms with van der Waals surface area (Å²) in [5.74, 6) is 0. The zero-order valence-corrected chi connectivity index (χ0v) is 25.3. The quantitative estimate of drug-likeness (QED) is 0.174. The lowest BCUT2D eigenvalue weighted by molar-refractivity contribution is 0.669. The molecule has 0 aliphatic carbocycles. The summed E-state index contributed by atoms with van der Waals surface area (Å²) < 4.78 is 163. The lowest BCUT2D eigenvalue weighted by Crippen LogP contribution is -1.91. The normalized spacial score (nSPS) is 16.8. The minimum atomic E-state index is -0.700. The molecule has 49 heavy (non-hydrogen) atoms. The maximum absolute atomic E-state index is 9.48. The van der Waals surface area contributed by atoms with Gasteiger partial charge in [-0.1, -0.05) is 163 Å². The van der Waals surface area contributed by atoms with Crippen molar-refractivity contribution in [3.63, 3.8) is 0 Å². The fourth-order valence-electron chi connectivity index (χ4n) is 6.68. The maximum Gasteiger partial charge on any atom is 0.136 e. The van der Waals surface area contributed by atoms with Crippen LogP contribution >= 0.6 is 0 Å². The van der Waals surface area contributed by atoms with Crippen molar-refractivity contribution in [3.8, 4) is 44.5 Å². The first-order valence-corrected chi connectivity index (χ1v) is 15.4. The van der Waals surface area contributed by atoms with Crippen molar-refractivity contribution >= 4 is 54.3 Å². The average Bonchev–Trinajstić information content (AvgIpc) is 3.73. The second-order valence-electron chi connectivity index (χ2n) is 11.4. The smallest absolute Gasteiger partial charge is 0.136 e. The molecule has 10 aromatic rings. The van der Waals surface area contributed by atoms with Gasteiger partial charge in [-0.3, -0.25) is 0 Å². The van der Waals surface area contributed by atoms with Crippen LogP contribution in [0.1, 0.15) is 24.7 Å². The highest BCUT2D eigenvalue weighted by Crippen LogP contribution is 2.47. The molecule has 0 unspecified atom stereocenters. The molecule has 0 saturated heterocycles. The number of benzene rings is 9. The Bertz CT molecular complexity index is 3800. The first kappa shape index (κ1) is 15.2. The summed E-state index contributed by atoms with van der Waals surface area (Å²) in [6.45, 7) is 0. The zero-order chi connectivity index (χ0) is 48.0. The number of hydrogen-bond acceptors (Lipinski definition) is 1. The van der Waals surface area contributed by atoms with E-state index in [1.165, 1.54) is 0 Å². The molecule has 0 spiro atoms. The molecule has 1 heterocycles. The van der Waals surface area contributed by atoms with Gasteiger partial charge in [0.1, 0.15) is 11.2 Å². The molecule has 1 nitrogen and oxygen atoms in total. The summed E-state index contributed by atoms with van der Waals surface area (Å²) in [5.41, 5.74) is 0.823. The summed E-state index contributed by atoms with van der Waals surface area (Å²) >= 11 is 0. The molecular formula is C48H30O. The molecule has 0 radical (unpaired) electrons. The van der Waals surface area contributed by atoms with Gasteiger partial charge in [0.25, 0.3) is 0 Å². The summed E-state index contributed by atoms with van der Waals surface area (Å²) in [5, 5.41) is 2.14. The molecule has 0 atom stereocenters. The molecule has 0 saturated carbocycles. The molecule has 1 aromatic heterocycles. The van der Waals surface area contributed by atoms with Crippen molar-refractivity contribution in [2.45, 2.75) is 0 Å². The van der Waals surface area contributed by atoms with Gasteiger partial charge in [0.2, 0.25) is 0 Å². The van der Waals surface area contributed by atoms with Crippen LogP contribution < -0.4 is 0 Å². The van der Waals surface area contributed by atoms with Crippen LogP contribution in [0.15, 0.2) is 186 Å². The number of hydrogen-bond donors (Lipinski definition) is 0. The van der Waals surface area contributed by atoms with E-state index in [9.17, 15) is 4.11 Å². The van der Waals surface area contributed by atoms with Crippen LogP contribution in [0.4, 0.5) is 0 Å². The topological polar surface area (TPSA) is 13.1 Å². The van der Waals surface area contributed by atoms with Crippen molar-refractivity contribution in [2.24, 2.45) is 0 Å². The SMILES string of the molecule is [2H]c1c([2H])c([2H])c(-c2c([2H])c([2H])c3c(oc4c([2H])c([2H])c([2H])c(-c5c6ccccc6c(-c6ccc(-c7c([2H])c([2H])c([2H])c8c([2H])c([2H])c([2H])c([2H])c78)cc6)c6ccccc56)c43)c2[2H])c([2H])c1[2H]. The molecule has 10 rings (SSSR count). The van der Waals surface area contributed by atoms with E-state index < -0.39 is 114 Å². The molecule has 0 fully saturated rings. The number of rotatable bonds is 4. The largest absolute Gasteiger partial charge is 0.456 e. The van der Waals surface area contributed by atoms with E-state index in [4.69, 9.17) is 25.0 Å². The zero-order valence-electron chi connectivity index (χ0n) is 43.3. The third-order valence-electron chi connectivity index (χ3n) is 8.78. The van der Waals surface area contributed by atoms with Crippen LogP contribution in [0.25, 0.3) is 98.8 Å². The minimum absolute atomic E-state index is 0.0110. The van der Waals surface area contributed by atoms with Crippen molar-refractivity contribution in [3.05, 3.63) is 182 Å². The van der Waals surface area contributed by atoms with E-state index in [-0.39, 0.29) is 49.9 Å². The fourth-order valence-corrected chi connectivity index (χ4v) is 6.68. The summed E-state index contributed by atoms with van der Waals surface area (Å²) in [4.78, 5) is 0. The van der Waals surface area contributed by atoms with E-state index in [1.807, 2.05) is 36.4 Å². The van der Waals surface area contributed by atoms with Crippen LogP contribution in [0.3, 0.4) is 0 Å². The van der Waals surface area contributed by atoms with Gasteiger partial charge in [0, 0.05) is 10.8 Å². The van der Waals surface area contributed by atoms with Crippen molar-refractivity contribution in [2.75, 3.05) is 0 Å². The van der Waals surface area contributed by atoms with Gasteiger partial charge < -0.3 is 4.42 Å². The highest BCUT2D eigenvalue weighted by molar-refractivity contribution is 6.25. The fraction of sp³-hybridized carbons (Fsp3) is 0. The lowest BCUT2D eigenvalue weighted by atomic mass is 9.84. The number of fused-ring (bicyclic) bond motifs is 6. The molecule has 0 bridgehead atoms. The van der Waals surface area contributed by atoms with Gasteiger partial charge in [-0.2, -0.15) is 0 Å². The summed E-state index contributed by atoms with van der Waals surface area (Å²) in [6, 6.07) is 11.5. The first-order valence-electron chi connectivity index (χ1n) is 24.4. The predicted molar refractivity (Wildman–Crippen MR) is 208 cm³/mol. The van der Waals surface area contributed by atoms with E-state index >= 15 is 0 Å². The Kier molecular flexibility index (Phi) is 3.43. The van der Waals surface area contributed by atoms with Gasteiger partial charge in [0.15, 0.2) is 0 Å². The lowest BCUT2D eigenvalue weighted by Gasteiger charge is -2.18. The van der Waals surface area contributed by atoms with Gasteiger partial charge in [0.05, 0.1) is 24.7 Å². The van der Waals surface area contributed by atoms with Gasteiger partial charge in [-0.25, -0.2) is 0 Å². The Morgan fingerprint density at radius 2 is 0.980 bits per heavy atom. The number of furan rings is 1. The van der Waals surface area contributed by atoms with Crippen molar-refractivity contribution in [1.82, 2.24) is 0 Å². The molecule has 228 valence electrons. The van der Waals surface area contributed by atoms with Gasteiger partial charge in [-0.05, 0) is 95.0 Å². The Morgan fingerprint density at radius 3 is 1.73 bits per heavy atom. The molecule has 0 amide bonds. The molecule has 0 aliphatic rings.